The van der Waals surface area contributed by atoms with E-state index in [2.05, 4.69) is 10.6 Å². The number of nitrogens with one attached hydrogen (secondary N) is 2. The SMILES string of the molecule is O=C(CCNC(=O)Cc1ccccc1)NCCCOC1CCCCC1. The fourth-order valence-electron chi connectivity index (χ4n) is 3.03. The molecule has 0 atom stereocenters. The zero-order valence-electron chi connectivity index (χ0n) is 15.0. The lowest BCUT2D eigenvalue weighted by atomic mass is 9.98. The van der Waals surface area contributed by atoms with Crippen LogP contribution < -0.4 is 10.6 Å². The molecule has 1 fully saturated rings. The van der Waals surface area contributed by atoms with Gasteiger partial charge in [-0.15, -0.1) is 0 Å². The third-order valence-corrected chi connectivity index (χ3v) is 4.43. The Morgan fingerprint density at radius 1 is 0.960 bits per heavy atom. The summed E-state index contributed by atoms with van der Waals surface area (Å²) in [4.78, 5) is 23.5. The summed E-state index contributed by atoms with van der Waals surface area (Å²) in [7, 11) is 0. The Bertz CT molecular complexity index is 513. The molecule has 0 spiro atoms. The van der Waals surface area contributed by atoms with Crippen molar-refractivity contribution in [2.45, 2.75) is 57.5 Å². The highest BCUT2D eigenvalue weighted by Crippen LogP contribution is 2.20. The first kappa shape index (κ1) is 19.4. The summed E-state index contributed by atoms with van der Waals surface area (Å²) in [5.74, 6) is -0.0856. The largest absolute Gasteiger partial charge is 0.378 e. The highest BCUT2D eigenvalue weighted by Gasteiger charge is 2.13. The van der Waals surface area contributed by atoms with Gasteiger partial charge in [0.15, 0.2) is 0 Å². The summed E-state index contributed by atoms with van der Waals surface area (Å²) < 4.78 is 5.83. The number of hydrogen-bond donors (Lipinski definition) is 2. The molecule has 1 aromatic carbocycles. The molecule has 1 aliphatic carbocycles. The average molecular weight is 346 g/mol. The zero-order valence-corrected chi connectivity index (χ0v) is 15.0. The summed E-state index contributed by atoms with van der Waals surface area (Å²) in [5, 5.41) is 5.66. The van der Waals surface area contributed by atoms with Crippen LogP contribution >= 0.6 is 0 Å². The first-order valence-electron chi connectivity index (χ1n) is 9.43. The molecule has 25 heavy (non-hydrogen) atoms. The van der Waals surface area contributed by atoms with Crippen molar-refractivity contribution in [1.29, 1.82) is 0 Å². The van der Waals surface area contributed by atoms with Crippen LogP contribution in [0.25, 0.3) is 0 Å². The van der Waals surface area contributed by atoms with Gasteiger partial charge in [-0.2, -0.15) is 0 Å². The van der Waals surface area contributed by atoms with Gasteiger partial charge in [0.25, 0.3) is 0 Å². The molecule has 2 amide bonds. The van der Waals surface area contributed by atoms with E-state index in [9.17, 15) is 9.59 Å². The van der Waals surface area contributed by atoms with Gasteiger partial charge >= 0.3 is 0 Å². The van der Waals surface area contributed by atoms with Crippen molar-refractivity contribution in [2.75, 3.05) is 19.7 Å². The van der Waals surface area contributed by atoms with E-state index in [-0.39, 0.29) is 11.8 Å². The third kappa shape index (κ3) is 8.68. The molecule has 138 valence electrons. The molecule has 0 radical (unpaired) electrons. The van der Waals surface area contributed by atoms with Crippen molar-refractivity contribution in [3.63, 3.8) is 0 Å². The van der Waals surface area contributed by atoms with E-state index in [0.717, 1.165) is 12.0 Å². The molecular weight excluding hydrogens is 316 g/mol. The van der Waals surface area contributed by atoms with Crippen LogP contribution in [0.5, 0.6) is 0 Å². The zero-order chi connectivity index (χ0) is 17.7. The van der Waals surface area contributed by atoms with E-state index in [1.807, 2.05) is 30.3 Å². The minimum absolute atomic E-state index is 0.0299. The molecule has 2 rings (SSSR count). The lowest BCUT2D eigenvalue weighted by Gasteiger charge is -2.21. The van der Waals surface area contributed by atoms with Gasteiger partial charge in [-0.05, 0) is 24.8 Å². The second-order valence-electron chi connectivity index (χ2n) is 6.60. The number of carbonyl (C=O) groups excluding carboxylic acids is 2. The lowest BCUT2D eigenvalue weighted by Crippen LogP contribution is -2.32. The van der Waals surface area contributed by atoms with Crippen LogP contribution in [-0.2, 0) is 20.7 Å². The summed E-state index contributed by atoms with van der Waals surface area (Å²) in [5.41, 5.74) is 0.974. The van der Waals surface area contributed by atoms with Gasteiger partial charge in [-0.1, -0.05) is 49.6 Å². The van der Waals surface area contributed by atoms with Crippen LogP contribution in [0.1, 0.15) is 50.5 Å². The molecule has 5 nitrogen and oxygen atoms in total. The van der Waals surface area contributed by atoms with Crippen LogP contribution in [-0.4, -0.2) is 37.6 Å². The minimum atomic E-state index is -0.0557. The van der Waals surface area contributed by atoms with Gasteiger partial charge in [0, 0.05) is 26.1 Å². The number of rotatable bonds is 10. The normalized spacial score (nSPS) is 14.9. The van der Waals surface area contributed by atoms with Gasteiger partial charge in [-0.25, -0.2) is 0 Å². The first-order chi connectivity index (χ1) is 12.2. The Kier molecular flexibility index (Phi) is 9.05. The van der Waals surface area contributed by atoms with E-state index in [1.54, 1.807) is 0 Å². The van der Waals surface area contributed by atoms with Crippen LogP contribution in [0.4, 0.5) is 0 Å². The van der Waals surface area contributed by atoms with Crippen molar-refractivity contribution in [3.8, 4) is 0 Å². The molecule has 1 aromatic rings. The highest BCUT2D eigenvalue weighted by atomic mass is 16.5. The molecule has 0 aliphatic heterocycles. The molecule has 0 saturated heterocycles. The van der Waals surface area contributed by atoms with Gasteiger partial charge in [-0.3, -0.25) is 9.59 Å². The van der Waals surface area contributed by atoms with Gasteiger partial charge in [0.2, 0.25) is 11.8 Å². The van der Waals surface area contributed by atoms with Crippen LogP contribution in [0.3, 0.4) is 0 Å². The van der Waals surface area contributed by atoms with Gasteiger partial charge < -0.3 is 15.4 Å². The predicted molar refractivity (Wildman–Crippen MR) is 98.2 cm³/mol. The molecule has 5 heteroatoms. The number of benzene rings is 1. The van der Waals surface area contributed by atoms with Gasteiger partial charge in [0.1, 0.15) is 0 Å². The molecule has 2 N–H and O–H groups in total. The summed E-state index contributed by atoms with van der Waals surface area (Å²) in [6.45, 7) is 1.71. The maximum absolute atomic E-state index is 11.8. The molecule has 1 aliphatic rings. The molecular formula is C20H30N2O3. The Morgan fingerprint density at radius 3 is 2.44 bits per heavy atom. The van der Waals surface area contributed by atoms with Crippen molar-refractivity contribution in [3.05, 3.63) is 35.9 Å². The fourth-order valence-corrected chi connectivity index (χ4v) is 3.03. The topological polar surface area (TPSA) is 67.4 Å². The van der Waals surface area contributed by atoms with Gasteiger partial charge in [0.05, 0.1) is 12.5 Å². The lowest BCUT2D eigenvalue weighted by molar-refractivity contribution is -0.122. The first-order valence-corrected chi connectivity index (χ1v) is 9.43. The fraction of sp³-hybridized carbons (Fsp3) is 0.600. The Hall–Kier alpha value is -1.88. The molecule has 0 heterocycles. The molecule has 0 unspecified atom stereocenters. The van der Waals surface area contributed by atoms with E-state index >= 15 is 0 Å². The van der Waals surface area contributed by atoms with E-state index in [4.69, 9.17) is 4.74 Å². The summed E-state index contributed by atoms with van der Waals surface area (Å²) in [6, 6.07) is 9.58. The smallest absolute Gasteiger partial charge is 0.224 e. The van der Waals surface area contributed by atoms with Crippen LogP contribution in [0.2, 0.25) is 0 Å². The molecule has 1 saturated carbocycles. The maximum Gasteiger partial charge on any atom is 0.224 e. The molecule has 0 bridgehead atoms. The quantitative estimate of drug-likeness (QED) is 0.640. The van der Waals surface area contributed by atoms with Crippen LogP contribution in [0.15, 0.2) is 30.3 Å². The summed E-state index contributed by atoms with van der Waals surface area (Å²) >= 11 is 0. The Balaban J connectivity index is 1.44. The second-order valence-corrected chi connectivity index (χ2v) is 6.60. The third-order valence-electron chi connectivity index (χ3n) is 4.43. The van der Waals surface area contributed by atoms with Crippen molar-refractivity contribution >= 4 is 11.8 Å². The number of hydrogen-bond acceptors (Lipinski definition) is 3. The second kappa shape index (κ2) is 11.6. The number of carbonyl (C=O) groups is 2. The van der Waals surface area contributed by atoms with Crippen molar-refractivity contribution in [2.24, 2.45) is 0 Å². The molecule has 0 aromatic heterocycles. The van der Waals surface area contributed by atoms with Crippen molar-refractivity contribution in [1.82, 2.24) is 10.6 Å². The van der Waals surface area contributed by atoms with Crippen LogP contribution in [0, 0.1) is 0 Å². The number of ether oxygens (including phenoxy) is 1. The van der Waals surface area contributed by atoms with E-state index < -0.39 is 0 Å². The van der Waals surface area contributed by atoms with E-state index in [1.165, 1.54) is 32.1 Å². The highest BCUT2D eigenvalue weighted by molar-refractivity contribution is 5.80. The minimum Gasteiger partial charge on any atom is -0.378 e. The van der Waals surface area contributed by atoms with E-state index in [0.29, 0.717) is 38.6 Å². The number of amides is 2. The monoisotopic (exact) mass is 346 g/mol. The standard InChI is InChI=1S/C20H30N2O3/c23-19(21-13-7-15-25-18-10-5-2-6-11-18)12-14-22-20(24)16-17-8-3-1-4-9-17/h1,3-4,8-9,18H,2,5-7,10-16H2,(H,21,23)(H,22,24). The maximum atomic E-state index is 11.8. The predicted octanol–water partition coefficient (Wildman–Crippen LogP) is 2.59. The summed E-state index contributed by atoms with van der Waals surface area (Å²) in [6.07, 6.45) is 8.15. The Labute approximate surface area is 150 Å². The Morgan fingerprint density at radius 2 is 1.68 bits per heavy atom. The average Bonchev–Trinajstić information content (AvgIpc) is 2.63. The van der Waals surface area contributed by atoms with Crippen molar-refractivity contribution < 1.29 is 14.3 Å².